The molecule has 0 aromatic carbocycles. The van der Waals surface area contributed by atoms with Gasteiger partial charge in [-0.3, -0.25) is 0 Å². The van der Waals surface area contributed by atoms with Crippen LogP contribution in [0, 0.1) is 0 Å². The minimum atomic E-state index is 0.333. The maximum absolute atomic E-state index is 5.89. The first-order valence-corrected chi connectivity index (χ1v) is 8.03. The second-order valence-electron chi connectivity index (χ2n) is 6.05. The maximum atomic E-state index is 5.89. The number of nitrogens with zero attached hydrogens (tertiary/aromatic N) is 5. The number of nitrogens with two attached hydrogens (primary N) is 1. The van der Waals surface area contributed by atoms with Crippen molar-refractivity contribution in [3.8, 4) is 0 Å². The second-order valence-corrected chi connectivity index (χ2v) is 6.05. The van der Waals surface area contributed by atoms with Crippen molar-refractivity contribution in [2.75, 3.05) is 37.4 Å². The zero-order chi connectivity index (χ0) is 16.2. The first-order chi connectivity index (χ1) is 11.1. The Morgan fingerprint density at radius 3 is 3.00 bits per heavy atom. The second kappa shape index (κ2) is 6.95. The molecule has 0 radical (unpaired) electrons. The van der Waals surface area contributed by atoms with Gasteiger partial charge in [0.25, 0.3) is 0 Å². The zero-order valence-electron chi connectivity index (χ0n) is 13.8. The summed E-state index contributed by atoms with van der Waals surface area (Å²) in [6.45, 7) is 2.41. The molecule has 1 saturated heterocycles. The van der Waals surface area contributed by atoms with Gasteiger partial charge < -0.3 is 19.9 Å². The molecule has 23 heavy (non-hydrogen) atoms. The van der Waals surface area contributed by atoms with Gasteiger partial charge in [0.05, 0.1) is 12.3 Å². The molecule has 7 nitrogen and oxygen atoms in total. The smallest absolute Gasteiger partial charge is 0.222 e. The van der Waals surface area contributed by atoms with Crippen molar-refractivity contribution in [3.05, 3.63) is 30.0 Å². The Morgan fingerprint density at radius 2 is 2.30 bits per heavy atom. The number of aryl methyl sites for hydroxylation is 2. The number of nitrogen functional groups attached to an aromatic ring is 1. The number of rotatable bonds is 6. The van der Waals surface area contributed by atoms with E-state index in [4.69, 9.17) is 10.5 Å². The summed E-state index contributed by atoms with van der Waals surface area (Å²) in [6.07, 6.45) is 6.75. The molecular formula is C16H24N6O. The number of aromatic nitrogens is 4. The minimum Gasteiger partial charge on any atom is -0.381 e. The van der Waals surface area contributed by atoms with Crippen LogP contribution in [0.4, 0.5) is 11.8 Å². The molecule has 0 saturated carbocycles. The molecule has 0 bridgehead atoms. The van der Waals surface area contributed by atoms with E-state index < -0.39 is 0 Å². The molecule has 1 unspecified atom stereocenters. The van der Waals surface area contributed by atoms with Crippen LogP contribution in [-0.2, 0) is 18.2 Å². The summed E-state index contributed by atoms with van der Waals surface area (Å²) < 4.78 is 7.50. The summed E-state index contributed by atoms with van der Waals surface area (Å²) >= 11 is 0. The van der Waals surface area contributed by atoms with E-state index in [1.54, 1.807) is 0 Å². The Kier molecular flexibility index (Phi) is 4.76. The van der Waals surface area contributed by atoms with Crippen molar-refractivity contribution in [2.24, 2.45) is 7.05 Å². The molecule has 0 amide bonds. The Morgan fingerprint density at radius 1 is 1.43 bits per heavy atom. The Balaban J connectivity index is 1.62. The fourth-order valence-electron chi connectivity index (χ4n) is 2.87. The third-order valence-electron chi connectivity index (χ3n) is 4.30. The first kappa shape index (κ1) is 15.7. The molecule has 0 spiro atoms. The van der Waals surface area contributed by atoms with Crippen LogP contribution in [0.2, 0.25) is 0 Å². The number of hydrogen-bond donors (Lipinski definition) is 1. The molecule has 124 valence electrons. The number of imidazole rings is 1. The SMILES string of the molecule is CN(CCCc1nccn1C)c1cc(C2CCOC2)nc(N)n1. The largest absolute Gasteiger partial charge is 0.381 e. The number of hydrogen-bond acceptors (Lipinski definition) is 6. The monoisotopic (exact) mass is 316 g/mol. The van der Waals surface area contributed by atoms with Crippen LogP contribution >= 0.6 is 0 Å². The van der Waals surface area contributed by atoms with E-state index in [1.807, 2.05) is 32.6 Å². The van der Waals surface area contributed by atoms with Crippen LogP contribution in [0.1, 0.15) is 30.3 Å². The van der Waals surface area contributed by atoms with E-state index in [0.717, 1.165) is 56.4 Å². The highest BCUT2D eigenvalue weighted by molar-refractivity contribution is 5.43. The van der Waals surface area contributed by atoms with Crippen LogP contribution in [0.25, 0.3) is 0 Å². The Hall–Kier alpha value is -2.15. The highest BCUT2D eigenvalue weighted by Crippen LogP contribution is 2.26. The topological polar surface area (TPSA) is 82.1 Å². The third-order valence-corrected chi connectivity index (χ3v) is 4.30. The average Bonchev–Trinajstić information content (AvgIpc) is 3.19. The molecule has 2 aromatic heterocycles. The van der Waals surface area contributed by atoms with Crippen molar-refractivity contribution in [1.82, 2.24) is 19.5 Å². The molecule has 7 heteroatoms. The average molecular weight is 316 g/mol. The predicted molar refractivity (Wildman–Crippen MR) is 89.4 cm³/mol. The highest BCUT2D eigenvalue weighted by atomic mass is 16.5. The van der Waals surface area contributed by atoms with E-state index in [0.29, 0.717) is 11.9 Å². The lowest BCUT2D eigenvalue weighted by molar-refractivity contribution is 0.193. The molecule has 1 atom stereocenters. The quantitative estimate of drug-likeness (QED) is 0.866. The van der Waals surface area contributed by atoms with E-state index in [1.165, 1.54) is 0 Å². The molecule has 2 aromatic rings. The molecule has 1 fully saturated rings. The molecule has 0 aliphatic carbocycles. The lowest BCUT2D eigenvalue weighted by atomic mass is 10.0. The van der Waals surface area contributed by atoms with Crippen LogP contribution in [0.15, 0.2) is 18.5 Å². The van der Waals surface area contributed by atoms with Crippen molar-refractivity contribution in [3.63, 3.8) is 0 Å². The van der Waals surface area contributed by atoms with Crippen LogP contribution in [0.5, 0.6) is 0 Å². The normalized spacial score (nSPS) is 17.6. The predicted octanol–water partition coefficient (Wildman–Crippen LogP) is 1.37. The minimum absolute atomic E-state index is 0.333. The van der Waals surface area contributed by atoms with Gasteiger partial charge in [0, 0.05) is 58.0 Å². The number of anilines is 2. The third kappa shape index (κ3) is 3.79. The van der Waals surface area contributed by atoms with Crippen molar-refractivity contribution in [2.45, 2.75) is 25.2 Å². The fourth-order valence-corrected chi connectivity index (χ4v) is 2.87. The summed E-state index contributed by atoms with van der Waals surface area (Å²) in [4.78, 5) is 15.2. The van der Waals surface area contributed by atoms with Gasteiger partial charge in [-0.1, -0.05) is 0 Å². The van der Waals surface area contributed by atoms with Gasteiger partial charge in [-0.2, -0.15) is 4.98 Å². The molecule has 3 rings (SSSR count). The molecule has 1 aliphatic rings. The molecular weight excluding hydrogens is 292 g/mol. The maximum Gasteiger partial charge on any atom is 0.222 e. The van der Waals surface area contributed by atoms with Crippen LogP contribution in [-0.4, -0.2) is 46.3 Å². The van der Waals surface area contributed by atoms with E-state index >= 15 is 0 Å². The molecule has 3 heterocycles. The lowest BCUT2D eigenvalue weighted by Crippen LogP contribution is -2.22. The summed E-state index contributed by atoms with van der Waals surface area (Å²) in [6, 6.07) is 2.04. The Bertz CT molecular complexity index is 650. The lowest BCUT2D eigenvalue weighted by Gasteiger charge is -2.20. The van der Waals surface area contributed by atoms with Gasteiger partial charge in [0.15, 0.2) is 0 Å². The molecule has 1 aliphatic heterocycles. The van der Waals surface area contributed by atoms with Gasteiger partial charge >= 0.3 is 0 Å². The Labute approximate surface area is 136 Å². The van der Waals surface area contributed by atoms with E-state index in [9.17, 15) is 0 Å². The van der Waals surface area contributed by atoms with Crippen LogP contribution < -0.4 is 10.6 Å². The van der Waals surface area contributed by atoms with Crippen molar-refractivity contribution in [1.29, 1.82) is 0 Å². The van der Waals surface area contributed by atoms with Gasteiger partial charge in [0.2, 0.25) is 5.95 Å². The van der Waals surface area contributed by atoms with Gasteiger partial charge in [-0.05, 0) is 12.8 Å². The summed E-state index contributed by atoms with van der Waals surface area (Å²) in [5.41, 5.74) is 6.87. The van der Waals surface area contributed by atoms with Crippen LogP contribution in [0.3, 0.4) is 0 Å². The number of ether oxygens (including phenoxy) is 1. The summed E-state index contributed by atoms with van der Waals surface area (Å²) in [7, 11) is 4.06. The zero-order valence-corrected chi connectivity index (χ0v) is 13.8. The highest BCUT2D eigenvalue weighted by Gasteiger charge is 2.21. The summed E-state index contributed by atoms with van der Waals surface area (Å²) in [5, 5.41) is 0. The van der Waals surface area contributed by atoms with Crippen molar-refractivity contribution >= 4 is 11.8 Å². The molecule has 2 N–H and O–H groups in total. The van der Waals surface area contributed by atoms with E-state index in [2.05, 4.69) is 24.4 Å². The van der Waals surface area contributed by atoms with Gasteiger partial charge in [0.1, 0.15) is 11.6 Å². The standard InChI is InChI=1S/C16H24N6O/c1-21(7-3-4-14-18-6-8-22(14)2)15-10-13(19-16(17)20-15)12-5-9-23-11-12/h6,8,10,12H,3-5,7,9,11H2,1-2H3,(H2,17,19,20). The summed E-state index contributed by atoms with van der Waals surface area (Å²) in [5.74, 6) is 2.64. The first-order valence-electron chi connectivity index (χ1n) is 8.03. The van der Waals surface area contributed by atoms with Gasteiger partial charge in [-0.15, -0.1) is 0 Å². The van der Waals surface area contributed by atoms with E-state index in [-0.39, 0.29) is 0 Å². The van der Waals surface area contributed by atoms with Crippen molar-refractivity contribution < 1.29 is 4.74 Å². The van der Waals surface area contributed by atoms with Gasteiger partial charge in [-0.25, -0.2) is 9.97 Å². The fraction of sp³-hybridized carbons (Fsp3) is 0.562.